The van der Waals surface area contributed by atoms with Gasteiger partial charge < -0.3 is 29.4 Å². The Kier molecular flexibility index (Phi) is 9.94. The lowest BCUT2D eigenvalue weighted by molar-refractivity contribution is -0.144. The molecule has 2 aliphatic carbocycles. The standard InChI is InChI=1S/C35H41Cl2N3O6/c1-39-18-28(27-5-3-4-6-32(27)39)34(42)38-31-16-29(36)22(14-30(31)37)15-33(41)40-17-23(21-12-26(13-21)45-2)11-24(40)19-46-25-9-7-20(8-10-25)35(43)44/h3-6,14,16,18,20-21,23-26H,7-13,15,17,19H2,1-2H3,(H,38,42)(H,43,44)/t20?,21?,23-,24-,25?,26?/m0/s1. The van der Waals surface area contributed by atoms with Crippen LogP contribution in [0, 0.1) is 17.8 Å². The van der Waals surface area contributed by atoms with Crippen LogP contribution < -0.4 is 5.32 Å². The summed E-state index contributed by atoms with van der Waals surface area (Å²) in [6.07, 6.45) is 7.71. The number of rotatable bonds is 10. The number of benzene rings is 2. The fourth-order valence-corrected chi connectivity index (χ4v) is 7.93. The Bertz CT molecular complexity index is 1610. The zero-order valence-corrected chi connectivity index (χ0v) is 27.7. The number of halogens is 2. The maximum Gasteiger partial charge on any atom is 0.306 e. The average molecular weight is 671 g/mol. The first-order chi connectivity index (χ1) is 22.1. The molecule has 2 heterocycles. The van der Waals surface area contributed by atoms with Crippen molar-refractivity contribution in [2.75, 3.05) is 25.6 Å². The lowest BCUT2D eigenvalue weighted by Gasteiger charge is -2.38. The van der Waals surface area contributed by atoms with Crippen LogP contribution in [0.3, 0.4) is 0 Å². The van der Waals surface area contributed by atoms with E-state index in [4.69, 9.17) is 32.7 Å². The molecule has 0 spiro atoms. The summed E-state index contributed by atoms with van der Waals surface area (Å²) in [4.78, 5) is 40.4. The minimum atomic E-state index is -0.734. The number of nitrogens with one attached hydrogen (secondary N) is 1. The van der Waals surface area contributed by atoms with Crippen LogP contribution in [-0.4, -0.2) is 70.9 Å². The molecule has 1 aliphatic heterocycles. The monoisotopic (exact) mass is 669 g/mol. The molecule has 3 aromatic rings. The number of nitrogens with zero attached hydrogens (tertiary/aromatic N) is 2. The van der Waals surface area contributed by atoms with Crippen molar-refractivity contribution >= 4 is 57.6 Å². The van der Waals surface area contributed by atoms with Crippen LogP contribution in [0.2, 0.25) is 10.0 Å². The lowest BCUT2D eigenvalue weighted by atomic mass is 9.73. The number of carboxylic acids is 1. The number of fused-ring (bicyclic) bond motifs is 1. The van der Waals surface area contributed by atoms with Gasteiger partial charge in [-0.2, -0.15) is 0 Å². The maximum atomic E-state index is 13.8. The van der Waals surface area contributed by atoms with Gasteiger partial charge in [-0.3, -0.25) is 14.4 Å². The van der Waals surface area contributed by atoms with Gasteiger partial charge in [0.05, 0.1) is 53.5 Å². The van der Waals surface area contributed by atoms with Gasteiger partial charge in [0.1, 0.15) is 0 Å². The normalized spacial score (nSPS) is 26.2. The SMILES string of the molecule is COC1CC([C@H]2C[C@@H](COC3CCC(C(=O)O)CC3)N(C(=O)Cc3cc(Cl)c(NC(=O)c4cn(C)c5ccccc45)cc3Cl)C2)C1. The summed E-state index contributed by atoms with van der Waals surface area (Å²) in [5.74, 6) is -0.485. The summed E-state index contributed by atoms with van der Waals surface area (Å²) in [6.45, 7) is 1.09. The van der Waals surface area contributed by atoms with Gasteiger partial charge in [-0.15, -0.1) is 0 Å². The van der Waals surface area contributed by atoms with Gasteiger partial charge in [0.2, 0.25) is 5.91 Å². The molecular formula is C35H41Cl2N3O6. The van der Waals surface area contributed by atoms with Crippen molar-refractivity contribution in [1.29, 1.82) is 0 Å². The zero-order valence-electron chi connectivity index (χ0n) is 26.2. The molecule has 1 saturated heterocycles. The highest BCUT2D eigenvalue weighted by molar-refractivity contribution is 6.36. The first-order valence-corrected chi connectivity index (χ1v) is 16.9. The van der Waals surface area contributed by atoms with Crippen LogP contribution in [0.4, 0.5) is 5.69 Å². The topological polar surface area (TPSA) is 110 Å². The molecule has 1 aromatic heterocycles. The van der Waals surface area contributed by atoms with E-state index in [1.165, 1.54) is 0 Å². The molecule has 9 nitrogen and oxygen atoms in total. The fraction of sp³-hybridized carbons (Fsp3) is 0.514. The fourth-order valence-electron chi connectivity index (χ4n) is 7.46. The van der Waals surface area contributed by atoms with E-state index >= 15 is 0 Å². The second-order valence-electron chi connectivity index (χ2n) is 13.2. The lowest BCUT2D eigenvalue weighted by Crippen LogP contribution is -2.41. The molecule has 46 heavy (non-hydrogen) atoms. The third kappa shape index (κ3) is 6.93. The van der Waals surface area contributed by atoms with Gasteiger partial charge in [0.15, 0.2) is 0 Å². The minimum absolute atomic E-state index is 0.0121. The number of ether oxygens (including phenoxy) is 2. The number of carboxylic acid groups (broad SMARTS) is 1. The smallest absolute Gasteiger partial charge is 0.306 e. The number of methoxy groups -OCH3 is 1. The number of anilines is 1. The molecule has 0 bridgehead atoms. The molecule has 246 valence electrons. The summed E-state index contributed by atoms with van der Waals surface area (Å²) in [7, 11) is 3.64. The van der Waals surface area contributed by atoms with Crippen molar-refractivity contribution in [3.05, 3.63) is 63.8 Å². The number of aryl methyl sites for hydroxylation is 1. The number of amides is 2. The van der Waals surface area contributed by atoms with Crippen LogP contribution in [0.15, 0.2) is 42.6 Å². The Morgan fingerprint density at radius 3 is 2.43 bits per heavy atom. The van der Waals surface area contributed by atoms with E-state index < -0.39 is 5.97 Å². The van der Waals surface area contributed by atoms with E-state index in [2.05, 4.69) is 5.32 Å². The highest BCUT2D eigenvalue weighted by Gasteiger charge is 2.44. The average Bonchev–Trinajstić information content (AvgIpc) is 3.59. The summed E-state index contributed by atoms with van der Waals surface area (Å²) >= 11 is 13.3. The highest BCUT2D eigenvalue weighted by atomic mass is 35.5. The Morgan fingerprint density at radius 1 is 0.978 bits per heavy atom. The molecule has 2 aromatic carbocycles. The van der Waals surface area contributed by atoms with E-state index in [0.717, 1.165) is 43.0 Å². The molecular weight excluding hydrogens is 629 g/mol. The van der Waals surface area contributed by atoms with Crippen molar-refractivity contribution in [2.45, 2.75) is 69.6 Å². The molecule has 2 N–H and O–H groups in total. The number of carbonyl (C=O) groups is 3. The second kappa shape index (κ2) is 13.9. The van der Waals surface area contributed by atoms with Crippen molar-refractivity contribution in [3.63, 3.8) is 0 Å². The van der Waals surface area contributed by atoms with Gasteiger partial charge in [0.25, 0.3) is 5.91 Å². The van der Waals surface area contributed by atoms with Gasteiger partial charge in [0, 0.05) is 42.8 Å². The Balaban J connectivity index is 1.12. The first-order valence-electron chi connectivity index (χ1n) is 16.1. The van der Waals surface area contributed by atoms with Gasteiger partial charge in [-0.05, 0) is 80.5 Å². The molecule has 2 amide bonds. The molecule has 0 unspecified atom stereocenters. The molecule has 2 saturated carbocycles. The molecule has 6 rings (SSSR count). The van der Waals surface area contributed by atoms with Crippen molar-refractivity contribution in [2.24, 2.45) is 24.8 Å². The zero-order chi connectivity index (χ0) is 32.5. The maximum absolute atomic E-state index is 13.8. The van der Waals surface area contributed by atoms with E-state index in [9.17, 15) is 19.5 Å². The predicted molar refractivity (Wildman–Crippen MR) is 178 cm³/mol. The summed E-state index contributed by atoms with van der Waals surface area (Å²) in [5, 5.41) is 13.7. The Hall–Kier alpha value is -3.11. The number of aliphatic carboxylic acids is 1. The van der Waals surface area contributed by atoms with Crippen molar-refractivity contribution in [1.82, 2.24) is 9.47 Å². The van der Waals surface area contributed by atoms with Gasteiger partial charge in [-0.1, -0.05) is 41.4 Å². The van der Waals surface area contributed by atoms with E-state index in [1.54, 1.807) is 25.4 Å². The van der Waals surface area contributed by atoms with E-state index in [-0.39, 0.29) is 42.4 Å². The molecule has 0 radical (unpaired) electrons. The third-order valence-electron chi connectivity index (χ3n) is 10.3. The van der Waals surface area contributed by atoms with Crippen molar-refractivity contribution < 1.29 is 29.0 Å². The molecule has 3 aliphatic rings. The quantitative estimate of drug-likeness (QED) is 0.252. The Labute approximate surface area is 279 Å². The van der Waals surface area contributed by atoms with Crippen LogP contribution >= 0.6 is 23.2 Å². The number of likely N-dealkylation sites (tertiary alicyclic amines) is 1. The van der Waals surface area contributed by atoms with Crippen LogP contribution in [0.1, 0.15) is 60.9 Å². The number of hydrogen-bond acceptors (Lipinski definition) is 5. The minimum Gasteiger partial charge on any atom is -0.481 e. The van der Waals surface area contributed by atoms with Crippen LogP contribution in [0.5, 0.6) is 0 Å². The third-order valence-corrected chi connectivity index (χ3v) is 11.0. The summed E-state index contributed by atoms with van der Waals surface area (Å²) < 4.78 is 13.7. The number of aromatic nitrogens is 1. The summed E-state index contributed by atoms with van der Waals surface area (Å²) in [5.41, 5.74) is 2.45. The molecule has 11 heteroatoms. The summed E-state index contributed by atoms with van der Waals surface area (Å²) in [6, 6.07) is 10.9. The molecule has 2 atom stereocenters. The second-order valence-corrected chi connectivity index (χ2v) is 14.0. The van der Waals surface area contributed by atoms with Crippen LogP contribution in [-0.2, 0) is 32.5 Å². The van der Waals surface area contributed by atoms with Gasteiger partial charge >= 0.3 is 5.97 Å². The Morgan fingerprint density at radius 2 is 1.72 bits per heavy atom. The van der Waals surface area contributed by atoms with Crippen molar-refractivity contribution in [3.8, 4) is 0 Å². The van der Waals surface area contributed by atoms with Gasteiger partial charge in [-0.25, -0.2) is 0 Å². The number of para-hydroxylation sites is 1. The molecule has 3 fully saturated rings. The van der Waals surface area contributed by atoms with E-state index in [1.807, 2.05) is 40.8 Å². The number of carbonyl (C=O) groups excluding carboxylic acids is 2. The highest BCUT2D eigenvalue weighted by Crippen LogP contribution is 2.42. The number of hydrogen-bond donors (Lipinski definition) is 2. The predicted octanol–water partition coefficient (Wildman–Crippen LogP) is 6.58. The van der Waals surface area contributed by atoms with E-state index in [0.29, 0.717) is 64.7 Å². The largest absolute Gasteiger partial charge is 0.481 e. The first kappa shape index (κ1) is 32.8. The van der Waals surface area contributed by atoms with Crippen LogP contribution in [0.25, 0.3) is 10.9 Å².